The second-order valence-electron chi connectivity index (χ2n) is 6.77. The molecule has 1 unspecified atom stereocenters. The number of pyridine rings is 1. The summed E-state index contributed by atoms with van der Waals surface area (Å²) in [7, 11) is 3.59. The fraction of sp³-hybridized carbons (Fsp3) is 0.524. The van der Waals surface area contributed by atoms with E-state index in [9.17, 15) is 4.79 Å². The molecule has 3 nitrogen and oxygen atoms in total. The number of para-hydroxylation sites is 1. The minimum atomic E-state index is 0.00256. The summed E-state index contributed by atoms with van der Waals surface area (Å²) in [6.45, 7) is 4.45. The van der Waals surface area contributed by atoms with Crippen LogP contribution in [0.5, 0.6) is 0 Å². The van der Waals surface area contributed by atoms with Crippen molar-refractivity contribution in [3.8, 4) is 0 Å². The number of nitrogens with zero attached hydrogens (tertiary/aromatic N) is 2. The topological polar surface area (TPSA) is 33.2 Å². The summed E-state index contributed by atoms with van der Waals surface area (Å²) < 4.78 is 0. The Morgan fingerprint density at radius 1 is 1.12 bits per heavy atom. The van der Waals surface area contributed by atoms with Gasteiger partial charge in [0.2, 0.25) is 0 Å². The molecule has 0 aliphatic heterocycles. The van der Waals surface area contributed by atoms with Crippen LogP contribution in [0.15, 0.2) is 30.3 Å². The Bertz CT molecular complexity index is 679. The van der Waals surface area contributed by atoms with E-state index in [1.54, 1.807) is 19.0 Å². The third kappa shape index (κ3) is 4.34. The Kier molecular flexibility index (Phi) is 6.77. The summed E-state index contributed by atoms with van der Waals surface area (Å²) in [4.78, 5) is 19.0. The van der Waals surface area contributed by atoms with E-state index in [0.717, 1.165) is 29.3 Å². The SMILES string of the molecule is CCCCCCC(CC)c1cc2ccccc2nc1C(=O)N(C)C. The fourth-order valence-corrected chi connectivity index (χ4v) is 3.22. The van der Waals surface area contributed by atoms with Crippen LogP contribution < -0.4 is 0 Å². The molecule has 0 aliphatic rings. The molecule has 2 rings (SSSR count). The van der Waals surface area contributed by atoms with Gasteiger partial charge >= 0.3 is 0 Å². The van der Waals surface area contributed by atoms with Crippen LogP contribution in [0, 0.1) is 0 Å². The maximum absolute atomic E-state index is 12.7. The van der Waals surface area contributed by atoms with Gasteiger partial charge in [0, 0.05) is 19.5 Å². The molecule has 0 spiro atoms. The highest BCUT2D eigenvalue weighted by Gasteiger charge is 2.21. The van der Waals surface area contributed by atoms with Crippen LogP contribution >= 0.6 is 0 Å². The molecule has 0 saturated carbocycles. The number of aromatic nitrogens is 1. The average molecular weight is 326 g/mol. The van der Waals surface area contributed by atoms with Crippen molar-refractivity contribution in [1.82, 2.24) is 9.88 Å². The minimum absolute atomic E-state index is 0.00256. The molecule has 1 heterocycles. The summed E-state index contributed by atoms with van der Waals surface area (Å²) in [6, 6.07) is 10.3. The first kappa shape index (κ1) is 18.4. The monoisotopic (exact) mass is 326 g/mol. The van der Waals surface area contributed by atoms with Crippen molar-refractivity contribution in [2.75, 3.05) is 14.1 Å². The molecule has 1 aromatic heterocycles. The Hall–Kier alpha value is -1.90. The molecule has 2 aromatic rings. The highest BCUT2D eigenvalue weighted by Crippen LogP contribution is 2.31. The molecule has 0 N–H and O–H groups in total. The standard InChI is InChI=1S/C21H30N2O/c1-5-7-8-9-12-16(6-2)18-15-17-13-10-11-14-19(17)22-20(18)21(24)23(3)4/h10-11,13-16H,5-9,12H2,1-4H3. The first-order chi connectivity index (χ1) is 11.6. The number of amides is 1. The predicted molar refractivity (Wildman–Crippen MR) is 102 cm³/mol. The van der Waals surface area contributed by atoms with Crippen LogP contribution in [-0.2, 0) is 0 Å². The zero-order valence-corrected chi connectivity index (χ0v) is 15.5. The largest absolute Gasteiger partial charge is 0.343 e. The summed E-state index contributed by atoms with van der Waals surface area (Å²) >= 11 is 0. The zero-order valence-electron chi connectivity index (χ0n) is 15.5. The van der Waals surface area contributed by atoms with Gasteiger partial charge in [0.1, 0.15) is 5.69 Å². The Morgan fingerprint density at radius 3 is 2.54 bits per heavy atom. The molecule has 0 bridgehead atoms. The summed E-state index contributed by atoms with van der Waals surface area (Å²) in [5.74, 6) is 0.403. The van der Waals surface area contributed by atoms with Crippen LogP contribution in [0.25, 0.3) is 10.9 Å². The average Bonchev–Trinajstić information content (AvgIpc) is 2.60. The number of carbonyl (C=O) groups excluding carboxylic acids is 1. The van der Waals surface area contributed by atoms with Crippen molar-refractivity contribution in [3.05, 3.63) is 41.6 Å². The van der Waals surface area contributed by atoms with Crippen LogP contribution in [0.4, 0.5) is 0 Å². The molecular weight excluding hydrogens is 296 g/mol. The van der Waals surface area contributed by atoms with Crippen molar-refractivity contribution < 1.29 is 4.79 Å². The van der Waals surface area contributed by atoms with Gasteiger partial charge in [-0.3, -0.25) is 4.79 Å². The number of carbonyl (C=O) groups is 1. The highest BCUT2D eigenvalue weighted by atomic mass is 16.2. The lowest BCUT2D eigenvalue weighted by Crippen LogP contribution is -2.25. The Balaban J connectivity index is 2.40. The molecule has 0 fully saturated rings. The van der Waals surface area contributed by atoms with E-state index in [-0.39, 0.29) is 5.91 Å². The lowest BCUT2D eigenvalue weighted by atomic mass is 9.88. The van der Waals surface area contributed by atoms with Crippen LogP contribution in [-0.4, -0.2) is 29.9 Å². The van der Waals surface area contributed by atoms with Crippen molar-refractivity contribution in [1.29, 1.82) is 0 Å². The first-order valence-corrected chi connectivity index (χ1v) is 9.19. The van der Waals surface area contributed by atoms with Gasteiger partial charge in [0.25, 0.3) is 5.91 Å². The molecule has 3 heteroatoms. The van der Waals surface area contributed by atoms with E-state index in [0.29, 0.717) is 11.6 Å². The number of unbranched alkanes of at least 4 members (excludes halogenated alkanes) is 3. The quantitative estimate of drug-likeness (QED) is 0.608. The normalized spacial score (nSPS) is 12.3. The summed E-state index contributed by atoms with van der Waals surface area (Å²) in [5.41, 5.74) is 2.64. The van der Waals surface area contributed by atoms with Gasteiger partial charge < -0.3 is 4.90 Å². The van der Waals surface area contributed by atoms with Crippen molar-refractivity contribution in [2.45, 2.75) is 58.3 Å². The zero-order chi connectivity index (χ0) is 17.5. The van der Waals surface area contributed by atoms with Gasteiger partial charge in [0.05, 0.1) is 5.52 Å². The first-order valence-electron chi connectivity index (χ1n) is 9.19. The minimum Gasteiger partial charge on any atom is -0.343 e. The van der Waals surface area contributed by atoms with E-state index in [4.69, 9.17) is 4.98 Å². The van der Waals surface area contributed by atoms with Crippen LogP contribution in [0.2, 0.25) is 0 Å². The van der Waals surface area contributed by atoms with Crippen LogP contribution in [0.3, 0.4) is 0 Å². The third-order valence-corrected chi connectivity index (χ3v) is 4.70. The highest BCUT2D eigenvalue weighted by molar-refractivity contribution is 5.96. The van der Waals surface area contributed by atoms with Gasteiger partial charge in [-0.2, -0.15) is 0 Å². The lowest BCUT2D eigenvalue weighted by molar-refractivity contribution is 0.0820. The van der Waals surface area contributed by atoms with Gasteiger partial charge in [0.15, 0.2) is 0 Å². The molecule has 0 aliphatic carbocycles. The maximum Gasteiger partial charge on any atom is 0.272 e. The molecule has 0 radical (unpaired) electrons. The lowest BCUT2D eigenvalue weighted by Gasteiger charge is -2.21. The second kappa shape index (κ2) is 8.81. The van der Waals surface area contributed by atoms with Gasteiger partial charge in [-0.1, -0.05) is 57.7 Å². The second-order valence-corrected chi connectivity index (χ2v) is 6.77. The number of rotatable bonds is 8. The third-order valence-electron chi connectivity index (χ3n) is 4.70. The summed E-state index contributed by atoms with van der Waals surface area (Å²) in [6.07, 6.45) is 7.19. The van der Waals surface area contributed by atoms with Crippen molar-refractivity contribution in [3.63, 3.8) is 0 Å². The number of hydrogen-bond donors (Lipinski definition) is 0. The molecule has 24 heavy (non-hydrogen) atoms. The fourth-order valence-electron chi connectivity index (χ4n) is 3.22. The molecule has 1 atom stereocenters. The van der Waals surface area contributed by atoms with E-state index >= 15 is 0 Å². The van der Waals surface area contributed by atoms with Gasteiger partial charge in [-0.05, 0) is 36.5 Å². The molecule has 1 aromatic carbocycles. The predicted octanol–water partition coefficient (Wildman–Crippen LogP) is 5.40. The Labute approximate surface area is 146 Å². The number of hydrogen-bond acceptors (Lipinski definition) is 2. The summed E-state index contributed by atoms with van der Waals surface area (Å²) in [5, 5.41) is 1.12. The number of benzene rings is 1. The van der Waals surface area contributed by atoms with Crippen LogP contribution in [0.1, 0.15) is 74.3 Å². The molecule has 130 valence electrons. The Morgan fingerprint density at radius 2 is 1.88 bits per heavy atom. The van der Waals surface area contributed by atoms with E-state index in [2.05, 4.69) is 26.0 Å². The smallest absolute Gasteiger partial charge is 0.272 e. The number of fused-ring (bicyclic) bond motifs is 1. The van der Waals surface area contributed by atoms with Crippen molar-refractivity contribution >= 4 is 16.8 Å². The molecule has 1 amide bonds. The van der Waals surface area contributed by atoms with E-state index in [1.807, 2.05) is 18.2 Å². The van der Waals surface area contributed by atoms with Gasteiger partial charge in [-0.15, -0.1) is 0 Å². The van der Waals surface area contributed by atoms with Gasteiger partial charge in [-0.25, -0.2) is 4.98 Å². The van der Waals surface area contributed by atoms with Crippen molar-refractivity contribution in [2.24, 2.45) is 0 Å². The van der Waals surface area contributed by atoms with E-state index in [1.165, 1.54) is 25.7 Å². The molecule has 0 saturated heterocycles. The van der Waals surface area contributed by atoms with E-state index < -0.39 is 0 Å². The molecular formula is C21H30N2O. The maximum atomic E-state index is 12.7.